The van der Waals surface area contributed by atoms with Crippen molar-refractivity contribution in [1.82, 2.24) is 24.9 Å². The van der Waals surface area contributed by atoms with Gasteiger partial charge in [0.05, 0.1) is 30.6 Å². The van der Waals surface area contributed by atoms with Gasteiger partial charge in [-0.05, 0) is 6.07 Å². The van der Waals surface area contributed by atoms with Crippen LogP contribution in [0.2, 0.25) is 0 Å². The Hall–Kier alpha value is -2.19. The largest absolute Gasteiger partial charge is 0.396 e. The van der Waals surface area contributed by atoms with E-state index >= 15 is 0 Å². The van der Waals surface area contributed by atoms with Gasteiger partial charge in [-0.25, -0.2) is 0 Å². The van der Waals surface area contributed by atoms with Gasteiger partial charge in [0.15, 0.2) is 0 Å². The zero-order valence-corrected chi connectivity index (χ0v) is 12.4. The molecule has 1 aliphatic rings. The van der Waals surface area contributed by atoms with Gasteiger partial charge in [-0.3, -0.25) is 14.6 Å². The number of ether oxygens (including phenoxy) is 1. The summed E-state index contributed by atoms with van der Waals surface area (Å²) in [6.07, 6.45) is 3.55. The molecule has 0 saturated carbocycles. The minimum atomic E-state index is -0.252. The summed E-state index contributed by atoms with van der Waals surface area (Å²) in [6.45, 7) is 1.55. The average Bonchev–Trinajstić information content (AvgIpc) is 3.16. The van der Waals surface area contributed by atoms with Crippen molar-refractivity contribution in [3.05, 3.63) is 35.4 Å². The molecule has 2 aromatic rings. The summed E-state index contributed by atoms with van der Waals surface area (Å²) in [5.41, 5.74) is 2.19. The summed E-state index contributed by atoms with van der Waals surface area (Å²) < 4.78 is 7.33. The highest BCUT2D eigenvalue weighted by molar-refractivity contribution is 5.93. The Kier molecular flexibility index (Phi) is 4.21. The van der Waals surface area contributed by atoms with Crippen LogP contribution in [-0.4, -0.2) is 62.2 Å². The molecule has 0 spiro atoms. The third-order valence-corrected chi connectivity index (χ3v) is 3.67. The van der Waals surface area contributed by atoms with Crippen LogP contribution in [0.3, 0.4) is 0 Å². The van der Waals surface area contributed by atoms with Crippen molar-refractivity contribution in [2.24, 2.45) is 7.05 Å². The van der Waals surface area contributed by atoms with E-state index in [-0.39, 0.29) is 18.6 Å². The number of aliphatic hydroxyl groups excluding tert-OH is 1. The Morgan fingerprint density at radius 2 is 2.45 bits per heavy atom. The van der Waals surface area contributed by atoms with E-state index in [2.05, 4.69) is 15.3 Å². The molecule has 8 heteroatoms. The number of nitrogens with one attached hydrogen (secondary N) is 1. The van der Waals surface area contributed by atoms with Crippen LogP contribution in [0.1, 0.15) is 27.8 Å². The molecule has 0 aromatic carbocycles. The van der Waals surface area contributed by atoms with Crippen molar-refractivity contribution >= 4 is 5.91 Å². The van der Waals surface area contributed by atoms with Crippen molar-refractivity contribution in [2.75, 3.05) is 26.3 Å². The summed E-state index contributed by atoms with van der Waals surface area (Å²) in [5.74, 6) is -0.0486. The minimum Gasteiger partial charge on any atom is -0.396 e. The van der Waals surface area contributed by atoms with Crippen LogP contribution in [0.5, 0.6) is 0 Å². The molecule has 3 rings (SSSR count). The number of nitrogens with zero attached hydrogens (tertiary/aromatic N) is 4. The van der Waals surface area contributed by atoms with E-state index in [0.717, 1.165) is 11.4 Å². The maximum Gasteiger partial charge on any atom is 0.257 e. The van der Waals surface area contributed by atoms with E-state index in [1.807, 2.05) is 6.07 Å². The van der Waals surface area contributed by atoms with Crippen LogP contribution in [0, 0.1) is 0 Å². The van der Waals surface area contributed by atoms with E-state index in [0.29, 0.717) is 31.7 Å². The third-order valence-electron chi connectivity index (χ3n) is 3.67. The quantitative estimate of drug-likeness (QED) is 0.822. The highest BCUT2D eigenvalue weighted by atomic mass is 16.5. The predicted octanol–water partition coefficient (Wildman–Crippen LogP) is -0.108. The Labute approximate surface area is 127 Å². The second kappa shape index (κ2) is 6.29. The number of carbonyl (C=O) groups is 1. The zero-order valence-electron chi connectivity index (χ0n) is 12.4. The number of aromatic nitrogens is 4. The zero-order chi connectivity index (χ0) is 15.5. The van der Waals surface area contributed by atoms with E-state index in [1.54, 1.807) is 29.0 Å². The first-order valence-corrected chi connectivity index (χ1v) is 7.22. The molecule has 2 aromatic heterocycles. The van der Waals surface area contributed by atoms with E-state index < -0.39 is 0 Å². The predicted molar refractivity (Wildman–Crippen MR) is 77.2 cm³/mol. The van der Waals surface area contributed by atoms with Crippen molar-refractivity contribution < 1.29 is 14.6 Å². The maximum absolute atomic E-state index is 12.5. The lowest BCUT2D eigenvalue weighted by molar-refractivity contribution is -0.0247. The van der Waals surface area contributed by atoms with Gasteiger partial charge in [-0.15, -0.1) is 0 Å². The number of rotatable bonds is 4. The maximum atomic E-state index is 12.5. The summed E-state index contributed by atoms with van der Waals surface area (Å²) in [5, 5.41) is 20.1. The van der Waals surface area contributed by atoms with Crippen LogP contribution in [0.15, 0.2) is 18.5 Å². The fourth-order valence-electron chi connectivity index (χ4n) is 2.52. The van der Waals surface area contributed by atoms with Crippen molar-refractivity contribution in [1.29, 1.82) is 0 Å². The van der Waals surface area contributed by atoms with Crippen LogP contribution in [0.4, 0.5) is 0 Å². The fraction of sp³-hybridized carbons (Fsp3) is 0.500. The van der Waals surface area contributed by atoms with E-state index in [9.17, 15) is 4.79 Å². The van der Waals surface area contributed by atoms with Crippen LogP contribution in [-0.2, 0) is 18.2 Å². The topological polar surface area (TPSA) is 96.3 Å². The SMILES string of the molecule is Cn1cc(C(=O)N2CCO[C@@H](c3cc(CCO)[nH]n3)C2)cn1. The first-order chi connectivity index (χ1) is 10.7. The van der Waals surface area contributed by atoms with Crippen molar-refractivity contribution in [3.63, 3.8) is 0 Å². The molecule has 0 unspecified atom stereocenters. The van der Waals surface area contributed by atoms with E-state index in [1.165, 1.54) is 0 Å². The summed E-state index contributed by atoms with van der Waals surface area (Å²) in [4.78, 5) is 14.2. The molecule has 3 heterocycles. The van der Waals surface area contributed by atoms with Crippen LogP contribution < -0.4 is 0 Å². The lowest BCUT2D eigenvalue weighted by Gasteiger charge is -2.31. The Bertz CT molecular complexity index is 650. The molecule has 2 N–H and O–H groups in total. The molecule has 1 amide bonds. The van der Waals surface area contributed by atoms with Gasteiger partial charge in [0.2, 0.25) is 0 Å². The Morgan fingerprint density at radius 3 is 3.18 bits per heavy atom. The molecule has 118 valence electrons. The molecule has 0 radical (unpaired) electrons. The number of aliphatic hydroxyl groups is 1. The van der Waals surface area contributed by atoms with Gasteiger partial charge in [-0.1, -0.05) is 0 Å². The normalized spacial score (nSPS) is 18.6. The van der Waals surface area contributed by atoms with Gasteiger partial charge in [0.1, 0.15) is 6.10 Å². The molecule has 8 nitrogen and oxygen atoms in total. The summed E-state index contributed by atoms with van der Waals surface area (Å²) in [7, 11) is 1.78. The lowest BCUT2D eigenvalue weighted by Crippen LogP contribution is -2.42. The van der Waals surface area contributed by atoms with Crippen LogP contribution >= 0.6 is 0 Å². The molecule has 1 saturated heterocycles. The van der Waals surface area contributed by atoms with Crippen molar-refractivity contribution in [3.8, 4) is 0 Å². The first-order valence-electron chi connectivity index (χ1n) is 7.22. The Morgan fingerprint density at radius 1 is 1.59 bits per heavy atom. The number of aryl methyl sites for hydroxylation is 1. The second-order valence-electron chi connectivity index (χ2n) is 5.30. The lowest BCUT2D eigenvalue weighted by atomic mass is 10.1. The van der Waals surface area contributed by atoms with Gasteiger partial charge < -0.3 is 14.7 Å². The number of amides is 1. The smallest absolute Gasteiger partial charge is 0.257 e. The molecule has 22 heavy (non-hydrogen) atoms. The highest BCUT2D eigenvalue weighted by Gasteiger charge is 2.28. The van der Waals surface area contributed by atoms with Gasteiger partial charge in [0, 0.05) is 38.5 Å². The number of carbonyl (C=O) groups excluding carboxylic acids is 1. The third kappa shape index (κ3) is 3.02. The Balaban J connectivity index is 1.69. The first kappa shape index (κ1) is 14.7. The number of hydrogen-bond donors (Lipinski definition) is 2. The molecule has 1 atom stereocenters. The molecule has 1 aliphatic heterocycles. The number of morpholine rings is 1. The van der Waals surface area contributed by atoms with Crippen molar-refractivity contribution in [2.45, 2.75) is 12.5 Å². The number of aromatic amines is 1. The number of hydrogen-bond acceptors (Lipinski definition) is 5. The molecule has 0 aliphatic carbocycles. The second-order valence-corrected chi connectivity index (χ2v) is 5.30. The number of H-pyrrole nitrogens is 1. The monoisotopic (exact) mass is 305 g/mol. The van der Waals surface area contributed by atoms with Crippen LogP contribution in [0.25, 0.3) is 0 Å². The van der Waals surface area contributed by atoms with Gasteiger partial charge in [0.25, 0.3) is 5.91 Å². The summed E-state index contributed by atoms with van der Waals surface area (Å²) in [6, 6.07) is 1.87. The average molecular weight is 305 g/mol. The minimum absolute atomic E-state index is 0.0486. The molecule has 0 bridgehead atoms. The fourth-order valence-corrected chi connectivity index (χ4v) is 2.52. The van der Waals surface area contributed by atoms with Gasteiger partial charge in [-0.2, -0.15) is 10.2 Å². The van der Waals surface area contributed by atoms with E-state index in [4.69, 9.17) is 9.84 Å². The van der Waals surface area contributed by atoms with Gasteiger partial charge >= 0.3 is 0 Å². The molecular weight excluding hydrogens is 286 g/mol. The highest BCUT2D eigenvalue weighted by Crippen LogP contribution is 2.22. The standard InChI is InChI=1S/C14H19N5O3/c1-18-8-10(7-15-18)14(21)19-3-5-22-13(9-19)12-6-11(2-4-20)16-17-12/h6-8,13,20H,2-5,9H2,1H3,(H,16,17)/t13-/m1/s1. The molecular formula is C14H19N5O3. The molecule has 1 fully saturated rings. The summed E-state index contributed by atoms with van der Waals surface area (Å²) >= 11 is 0.